The van der Waals surface area contributed by atoms with Crippen molar-refractivity contribution in [1.29, 1.82) is 0 Å². The summed E-state index contributed by atoms with van der Waals surface area (Å²) in [6.07, 6.45) is 0.996. The second kappa shape index (κ2) is 5.38. The molecule has 1 aromatic carbocycles. The van der Waals surface area contributed by atoms with Crippen LogP contribution in [0.5, 0.6) is 0 Å². The van der Waals surface area contributed by atoms with Crippen molar-refractivity contribution in [3.8, 4) is 0 Å². The highest BCUT2D eigenvalue weighted by Crippen LogP contribution is 2.23. The van der Waals surface area contributed by atoms with E-state index in [4.69, 9.17) is 11.6 Å². The molecule has 1 amide bonds. The third-order valence-corrected chi connectivity index (χ3v) is 3.87. The summed E-state index contributed by atoms with van der Waals surface area (Å²) in [5, 5.41) is 3.74. The Morgan fingerprint density at radius 3 is 2.94 bits per heavy atom. The smallest absolute Gasteiger partial charge is 0.255 e. The highest BCUT2D eigenvalue weighted by Gasteiger charge is 2.25. The molecule has 0 spiro atoms. The summed E-state index contributed by atoms with van der Waals surface area (Å²) in [5.41, 5.74) is 0.560. The van der Waals surface area contributed by atoms with E-state index in [1.807, 2.05) is 13.1 Å². The Balaban J connectivity index is 2.18. The Kier molecular flexibility index (Phi) is 4.07. The van der Waals surface area contributed by atoms with E-state index < -0.39 is 0 Å². The van der Waals surface area contributed by atoms with Gasteiger partial charge in [0.15, 0.2) is 0 Å². The summed E-state index contributed by atoms with van der Waals surface area (Å²) in [6, 6.07) is 5.60. The Labute approximate surface area is 114 Å². The van der Waals surface area contributed by atoms with E-state index in [2.05, 4.69) is 21.2 Å². The lowest BCUT2D eigenvalue weighted by Gasteiger charge is -2.24. The number of likely N-dealkylation sites (N-methyl/N-ethyl adjacent to an activating group) is 1. The third kappa shape index (κ3) is 2.81. The predicted octanol–water partition coefficient (Wildman–Crippen LogP) is 2.54. The number of halogens is 2. The third-order valence-electron chi connectivity index (χ3n) is 3.06. The van der Waals surface area contributed by atoms with Crippen molar-refractivity contribution in [3.05, 3.63) is 33.3 Å². The summed E-state index contributed by atoms with van der Waals surface area (Å²) in [6.45, 7) is 1.83. The molecule has 1 aromatic rings. The first-order valence-electron chi connectivity index (χ1n) is 5.52. The molecule has 1 fully saturated rings. The molecule has 2 rings (SSSR count). The van der Waals surface area contributed by atoms with Crippen LogP contribution in [0.25, 0.3) is 0 Å². The SMILES string of the molecule is CN(C(=O)c1ccc(Br)cc1Cl)C1CCNC1. The zero-order valence-electron chi connectivity index (χ0n) is 9.54. The predicted molar refractivity (Wildman–Crippen MR) is 72.5 cm³/mol. The van der Waals surface area contributed by atoms with E-state index in [9.17, 15) is 4.79 Å². The Morgan fingerprint density at radius 1 is 1.59 bits per heavy atom. The molecule has 1 unspecified atom stereocenters. The number of nitrogens with zero attached hydrogens (tertiary/aromatic N) is 1. The quantitative estimate of drug-likeness (QED) is 0.909. The van der Waals surface area contributed by atoms with Gasteiger partial charge in [-0.1, -0.05) is 27.5 Å². The first-order valence-corrected chi connectivity index (χ1v) is 6.69. The molecule has 0 bridgehead atoms. The molecule has 1 N–H and O–H groups in total. The van der Waals surface area contributed by atoms with Crippen LogP contribution in [-0.2, 0) is 0 Å². The topological polar surface area (TPSA) is 32.3 Å². The molecule has 1 atom stereocenters. The molecular weight excluding hydrogens is 304 g/mol. The van der Waals surface area contributed by atoms with Crippen LogP contribution in [0.2, 0.25) is 5.02 Å². The van der Waals surface area contributed by atoms with E-state index in [-0.39, 0.29) is 11.9 Å². The first-order chi connectivity index (χ1) is 8.09. The van der Waals surface area contributed by atoms with Crippen molar-refractivity contribution in [2.45, 2.75) is 12.5 Å². The largest absolute Gasteiger partial charge is 0.337 e. The zero-order chi connectivity index (χ0) is 12.4. The van der Waals surface area contributed by atoms with Gasteiger partial charge in [0.25, 0.3) is 5.91 Å². The maximum atomic E-state index is 12.3. The van der Waals surface area contributed by atoms with Crippen LogP contribution in [0.15, 0.2) is 22.7 Å². The van der Waals surface area contributed by atoms with Gasteiger partial charge in [0.2, 0.25) is 0 Å². The van der Waals surface area contributed by atoms with Crippen molar-refractivity contribution in [2.75, 3.05) is 20.1 Å². The molecule has 1 aliphatic rings. The number of carbonyl (C=O) groups is 1. The van der Waals surface area contributed by atoms with Gasteiger partial charge in [-0.2, -0.15) is 0 Å². The Hall–Kier alpha value is -0.580. The highest BCUT2D eigenvalue weighted by atomic mass is 79.9. The molecule has 92 valence electrons. The van der Waals surface area contributed by atoms with Crippen molar-refractivity contribution in [3.63, 3.8) is 0 Å². The van der Waals surface area contributed by atoms with E-state index in [0.717, 1.165) is 24.0 Å². The van der Waals surface area contributed by atoms with Crippen molar-refractivity contribution < 1.29 is 4.79 Å². The van der Waals surface area contributed by atoms with Gasteiger partial charge >= 0.3 is 0 Å². The van der Waals surface area contributed by atoms with Crippen LogP contribution < -0.4 is 5.32 Å². The molecule has 0 aromatic heterocycles. The van der Waals surface area contributed by atoms with Crippen molar-refractivity contribution in [1.82, 2.24) is 10.2 Å². The summed E-state index contributed by atoms with van der Waals surface area (Å²) in [5.74, 6) is -0.0174. The summed E-state index contributed by atoms with van der Waals surface area (Å²) in [7, 11) is 1.83. The molecule has 0 radical (unpaired) electrons. The van der Waals surface area contributed by atoms with Gasteiger partial charge in [-0.15, -0.1) is 0 Å². The minimum absolute atomic E-state index is 0.0174. The lowest BCUT2D eigenvalue weighted by molar-refractivity contribution is 0.0744. The summed E-state index contributed by atoms with van der Waals surface area (Å²) >= 11 is 9.41. The van der Waals surface area contributed by atoms with Gasteiger partial charge in [0.05, 0.1) is 10.6 Å². The number of carbonyl (C=O) groups excluding carboxylic acids is 1. The summed E-state index contributed by atoms with van der Waals surface area (Å²) in [4.78, 5) is 14.0. The maximum Gasteiger partial charge on any atom is 0.255 e. The number of benzene rings is 1. The van der Waals surface area contributed by atoms with E-state index >= 15 is 0 Å². The Bertz CT molecular complexity index is 433. The van der Waals surface area contributed by atoms with Gasteiger partial charge < -0.3 is 10.2 Å². The molecule has 17 heavy (non-hydrogen) atoms. The second-order valence-corrected chi connectivity index (χ2v) is 5.51. The number of nitrogens with one attached hydrogen (secondary N) is 1. The van der Waals surface area contributed by atoms with E-state index in [1.54, 1.807) is 17.0 Å². The van der Waals surface area contributed by atoms with Gasteiger partial charge in [-0.05, 0) is 31.2 Å². The Morgan fingerprint density at radius 2 is 2.35 bits per heavy atom. The molecular formula is C12H14BrClN2O. The molecule has 1 aliphatic heterocycles. The minimum Gasteiger partial charge on any atom is -0.337 e. The monoisotopic (exact) mass is 316 g/mol. The fraction of sp³-hybridized carbons (Fsp3) is 0.417. The van der Waals surface area contributed by atoms with Gasteiger partial charge in [-0.25, -0.2) is 0 Å². The van der Waals surface area contributed by atoms with Gasteiger partial charge in [-0.3, -0.25) is 4.79 Å². The van der Waals surface area contributed by atoms with Crippen molar-refractivity contribution >= 4 is 33.4 Å². The molecule has 5 heteroatoms. The average molecular weight is 318 g/mol. The fourth-order valence-electron chi connectivity index (χ4n) is 1.99. The number of hydrogen-bond donors (Lipinski definition) is 1. The normalized spacial score (nSPS) is 19.4. The van der Waals surface area contributed by atoms with Crippen LogP contribution >= 0.6 is 27.5 Å². The maximum absolute atomic E-state index is 12.3. The zero-order valence-corrected chi connectivity index (χ0v) is 11.9. The van der Waals surface area contributed by atoms with E-state index in [0.29, 0.717) is 10.6 Å². The standard InChI is InChI=1S/C12H14BrClN2O/c1-16(9-4-5-15-7-9)12(17)10-3-2-8(13)6-11(10)14/h2-3,6,9,15H,4-5,7H2,1H3. The van der Waals surface area contributed by atoms with Gasteiger partial charge in [0.1, 0.15) is 0 Å². The van der Waals surface area contributed by atoms with Crippen LogP contribution in [0.1, 0.15) is 16.8 Å². The molecule has 0 saturated carbocycles. The number of rotatable bonds is 2. The minimum atomic E-state index is -0.0174. The van der Waals surface area contributed by atoms with Crippen molar-refractivity contribution in [2.24, 2.45) is 0 Å². The van der Waals surface area contributed by atoms with Crippen LogP contribution in [-0.4, -0.2) is 37.0 Å². The fourth-order valence-corrected chi connectivity index (χ4v) is 2.74. The first kappa shape index (κ1) is 12.9. The molecule has 3 nitrogen and oxygen atoms in total. The number of hydrogen-bond acceptors (Lipinski definition) is 2. The highest BCUT2D eigenvalue weighted by molar-refractivity contribution is 9.10. The average Bonchev–Trinajstić information content (AvgIpc) is 2.80. The van der Waals surface area contributed by atoms with Gasteiger partial charge in [0, 0.05) is 24.1 Å². The second-order valence-electron chi connectivity index (χ2n) is 4.19. The molecule has 0 aliphatic carbocycles. The summed E-state index contributed by atoms with van der Waals surface area (Å²) < 4.78 is 0.879. The lowest BCUT2D eigenvalue weighted by Crippen LogP contribution is -2.38. The van der Waals surface area contributed by atoms with Crippen LogP contribution in [0.4, 0.5) is 0 Å². The molecule has 1 heterocycles. The lowest BCUT2D eigenvalue weighted by atomic mass is 10.1. The van der Waals surface area contributed by atoms with Crippen LogP contribution in [0, 0.1) is 0 Å². The number of amides is 1. The van der Waals surface area contributed by atoms with E-state index in [1.165, 1.54) is 0 Å². The van der Waals surface area contributed by atoms with Crippen LogP contribution in [0.3, 0.4) is 0 Å². The molecule has 1 saturated heterocycles.